The van der Waals surface area contributed by atoms with Gasteiger partial charge in [0.1, 0.15) is 17.5 Å². The van der Waals surface area contributed by atoms with Gasteiger partial charge in [0.05, 0.1) is 12.2 Å². The highest BCUT2D eigenvalue weighted by molar-refractivity contribution is 6.02. The van der Waals surface area contributed by atoms with Gasteiger partial charge in [-0.05, 0) is 75.5 Å². The summed E-state index contributed by atoms with van der Waals surface area (Å²) in [6, 6.07) is 21.4. The molecule has 0 bridgehead atoms. The van der Waals surface area contributed by atoms with Crippen LogP contribution in [-0.2, 0) is 19.0 Å². The first-order valence-electron chi connectivity index (χ1n) is 15.1. The van der Waals surface area contributed by atoms with Crippen LogP contribution in [0.25, 0.3) is 22.2 Å². The zero-order valence-electron chi connectivity index (χ0n) is 27.5. The third kappa shape index (κ3) is 6.47. The number of aromatic nitrogens is 4. The molecule has 10 heteroatoms. The first kappa shape index (κ1) is 32.3. The molecule has 0 aliphatic heterocycles. The van der Waals surface area contributed by atoms with E-state index in [1.54, 1.807) is 28.8 Å². The van der Waals surface area contributed by atoms with E-state index in [2.05, 4.69) is 5.10 Å². The Hall–Kier alpha value is -5.12. The van der Waals surface area contributed by atoms with Crippen molar-refractivity contribution >= 4 is 39.8 Å². The Kier molecular flexibility index (Phi) is 8.42. The molecule has 1 N–H and O–H groups in total. The van der Waals surface area contributed by atoms with Gasteiger partial charge in [0.2, 0.25) is 0 Å². The number of nitrogens with zero attached hydrogens (tertiary/aromatic N) is 6. The Balaban J connectivity index is 1.73. The molecule has 1 amide bonds. The van der Waals surface area contributed by atoms with Crippen molar-refractivity contribution in [1.82, 2.24) is 19.7 Å². The number of fused-ring (bicyclic) bond motifs is 1. The number of hydrogen-bond acceptors (Lipinski definition) is 6. The minimum atomic E-state index is -1.11. The zero-order valence-corrected chi connectivity index (χ0v) is 27.5. The molecule has 238 valence electrons. The summed E-state index contributed by atoms with van der Waals surface area (Å²) in [5, 5.41) is 16.3. The van der Waals surface area contributed by atoms with Crippen molar-refractivity contribution in [2.24, 2.45) is 7.05 Å². The maximum atomic E-state index is 15.7. The molecule has 9 nitrogen and oxygen atoms in total. The average molecular weight is 623 g/mol. The number of pyridine rings is 1. The molecule has 0 unspecified atom stereocenters. The first-order valence-corrected chi connectivity index (χ1v) is 15.1. The number of halogens is 1. The van der Waals surface area contributed by atoms with Gasteiger partial charge in [0.25, 0.3) is 0 Å². The molecule has 5 aromatic rings. The van der Waals surface area contributed by atoms with Crippen LogP contribution >= 0.6 is 0 Å². The smallest absolute Gasteiger partial charge is 0.413 e. The fourth-order valence-electron chi connectivity index (χ4n) is 5.30. The number of carboxylic acid groups (broad SMARTS) is 1. The summed E-state index contributed by atoms with van der Waals surface area (Å²) < 4.78 is 17.4. The highest BCUT2D eigenvalue weighted by atomic mass is 19.1. The lowest BCUT2D eigenvalue weighted by atomic mass is 9.90. The molecule has 0 saturated heterocycles. The minimum absolute atomic E-state index is 0.132. The van der Waals surface area contributed by atoms with E-state index in [0.29, 0.717) is 39.8 Å². The van der Waals surface area contributed by atoms with Crippen molar-refractivity contribution in [2.75, 3.05) is 9.80 Å². The topological polar surface area (TPSA) is 104 Å². The largest absolute Gasteiger partial charge is 0.465 e. The van der Waals surface area contributed by atoms with Gasteiger partial charge in [0, 0.05) is 45.9 Å². The van der Waals surface area contributed by atoms with Gasteiger partial charge in [-0.3, -0.25) is 14.4 Å². The van der Waals surface area contributed by atoms with Crippen molar-refractivity contribution in [3.63, 3.8) is 0 Å². The van der Waals surface area contributed by atoms with Crippen LogP contribution in [0, 0.1) is 5.82 Å². The predicted octanol–water partition coefficient (Wildman–Crippen LogP) is 8.29. The number of Topliss-reactive ketones (excluding diaryl/α,β-unsaturated/α-hetero) is 1. The van der Waals surface area contributed by atoms with Crippen molar-refractivity contribution in [3.8, 4) is 11.4 Å². The molecule has 0 aliphatic carbocycles. The van der Waals surface area contributed by atoms with E-state index in [4.69, 9.17) is 9.97 Å². The molecule has 5 rings (SSSR count). The highest BCUT2D eigenvalue weighted by Crippen LogP contribution is 2.38. The summed E-state index contributed by atoms with van der Waals surface area (Å²) in [6.45, 7) is 13.1. The number of rotatable bonds is 7. The molecular formula is C36H39FN6O3. The van der Waals surface area contributed by atoms with Crippen LogP contribution in [0.4, 0.5) is 26.4 Å². The third-order valence-electron chi connectivity index (χ3n) is 7.78. The minimum Gasteiger partial charge on any atom is -0.465 e. The first-order chi connectivity index (χ1) is 21.5. The fourth-order valence-corrected chi connectivity index (χ4v) is 5.30. The molecule has 46 heavy (non-hydrogen) atoms. The molecule has 0 atom stereocenters. The Morgan fingerprint density at radius 1 is 0.913 bits per heavy atom. The molecule has 2 aromatic heterocycles. The van der Waals surface area contributed by atoms with Gasteiger partial charge in [0.15, 0.2) is 11.6 Å². The number of anilines is 3. The number of carbonyl (C=O) groups excluding carboxylic acids is 1. The van der Waals surface area contributed by atoms with Gasteiger partial charge in [-0.1, -0.05) is 51.1 Å². The van der Waals surface area contributed by atoms with E-state index in [-0.39, 0.29) is 18.0 Å². The lowest BCUT2D eigenvalue weighted by Crippen LogP contribution is -2.46. The van der Waals surface area contributed by atoms with E-state index in [0.717, 1.165) is 10.9 Å². The van der Waals surface area contributed by atoms with Crippen molar-refractivity contribution in [1.29, 1.82) is 0 Å². The number of hydrogen-bond donors (Lipinski definition) is 1. The van der Waals surface area contributed by atoms with E-state index in [1.807, 2.05) is 90.1 Å². The number of amides is 1. The fraction of sp³-hybridized carbons (Fsp3) is 0.306. The van der Waals surface area contributed by atoms with Crippen LogP contribution in [0.1, 0.15) is 70.3 Å². The van der Waals surface area contributed by atoms with Crippen LogP contribution in [0.3, 0.4) is 0 Å². The second-order valence-corrected chi connectivity index (χ2v) is 13.4. The lowest BCUT2D eigenvalue weighted by Gasteiger charge is -2.34. The Morgan fingerprint density at radius 3 is 2.22 bits per heavy atom. The highest BCUT2D eigenvalue weighted by Gasteiger charge is 2.32. The Morgan fingerprint density at radius 2 is 1.61 bits per heavy atom. The second-order valence-electron chi connectivity index (χ2n) is 13.4. The summed E-state index contributed by atoms with van der Waals surface area (Å²) >= 11 is 0. The normalized spacial score (nSPS) is 11.9. The lowest BCUT2D eigenvalue weighted by molar-refractivity contribution is 0.101. The predicted molar refractivity (Wildman–Crippen MR) is 179 cm³/mol. The molecule has 0 spiro atoms. The maximum Gasteiger partial charge on any atom is 0.413 e. The molecular weight excluding hydrogens is 583 g/mol. The van der Waals surface area contributed by atoms with E-state index >= 15 is 4.39 Å². The molecule has 0 fully saturated rings. The molecule has 0 radical (unpaired) electrons. The van der Waals surface area contributed by atoms with E-state index in [9.17, 15) is 14.7 Å². The number of carbonyl (C=O) groups is 2. The van der Waals surface area contributed by atoms with Gasteiger partial charge < -0.3 is 10.0 Å². The monoisotopic (exact) mass is 622 g/mol. The van der Waals surface area contributed by atoms with Gasteiger partial charge in [-0.15, -0.1) is 0 Å². The zero-order chi connectivity index (χ0) is 33.6. The van der Waals surface area contributed by atoms with Crippen LogP contribution in [0.2, 0.25) is 0 Å². The summed E-state index contributed by atoms with van der Waals surface area (Å²) in [7, 11) is 1.79. The third-order valence-corrected chi connectivity index (χ3v) is 7.78. The number of ketones is 1. The van der Waals surface area contributed by atoms with Crippen molar-refractivity contribution in [3.05, 3.63) is 95.7 Å². The van der Waals surface area contributed by atoms with Gasteiger partial charge in [-0.25, -0.2) is 19.2 Å². The van der Waals surface area contributed by atoms with Crippen LogP contribution in [-0.4, -0.2) is 42.3 Å². The average Bonchev–Trinajstić information content (AvgIpc) is 3.34. The van der Waals surface area contributed by atoms with Crippen molar-refractivity contribution in [2.45, 2.75) is 66.0 Å². The summed E-state index contributed by atoms with van der Waals surface area (Å²) in [5.41, 5.74) is 1.58. The Labute approximate surface area is 268 Å². The molecule has 0 saturated carbocycles. The quantitative estimate of drug-likeness (QED) is 0.182. The SMILES string of the molecule is CC(=O)c1ccc(F)c(N(Cc2nc(-c3ccccc3)nn2C)c2ccc3c(N(C(=O)O)C(C)(C)C)nc(C(C)(C)C)cc3c2)c1. The standard InChI is InChI=1S/C36H39FN6O3/c1-22(44)24-14-17-28(37)29(19-24)42(21-31-39-32(40-41(31)8)23-12-10-9-11-13-23)26-15-16-27-25(18-26)20-30(35(2,3)4)38-33(27)43(34(45)46)36(5,6)7/h9-20H,21H2,1-8H3,(H,45,46). The van der Waals surface area contributed by atoms with E-state index < -0.39 is 22.9 Å². The number of aryl methyl sites for hydroxylation is 1. The van der Waals surface area contributed by atoms with Crippen LogP contribution in [0.5, 0.6) is 0 Å². The second kappa shape index (κ2) is 12.0. The van der Waals surface area contributed by atoms with Crippen LogP contribution < -0.4 is 9.80 Å². The Bertz CT molecular complexity index is 1940. The van der Waals surface area contributed by atoms with Gasteiger partial charge >= 0.3 is 6.09 Å². The van der Waals surface area contributed by atoms with Gasteiger partial charge in [-0.2, -0.15) is 5.10 Å². The molecule has 2 heterocycles. The summed E-state index contributed by atoms with van der Waals surface area (Å²) in [4.78, 5) is 37.6. The maximum absolute atomic E-state index is 15.7. The van der Waals surface area contributed by atoms with Crippen molar-refractivity contribution < 1.29 is 19.1 Å². The molecule has 3 aromatic carbocycles. The summed E-state index contributed by atoms with van der Waals surface area (Å²) in [6.07, 6.45) is -1.11. The van der Waals surface area contributed by atoms with Crippen LogP contribution in [0.15, 0.2) is 72.8 Å². The van der Waals surface area contributed by atoms with E-state index in [1.165, 1.54) is 24.0 Å². The molecule has 0 aliphatic rings. The number of benzene rings is 3. The summed E-state index contributed by atoms with van der Waals surface area (Å²) in [5.74, 6) is 0.738.